The monoisotopic (exact) mass is 569 g/mol. The Bertz CT molecular complexity index is 1430. The van der Waals surface area contributed by atoms with Gasteiger partial charge in [0.15, 0.2) is 0 Å². The lowest BCUT2D eigenvalue weighted by Gasteiger charge is -2.29. The van der Waals surface area contributed by atoms with Crippen molar-refractivity contribution in [2.45, 2.75) is 39.0 Å². The van der Waals surface area contributed by atoms with Crippen LogP contribution < -0.4 is 9.64 Å². The molecular formula is C32H31F4NO4. The zero-order valence-corrected chi connectivity index (χ0v) is 22.7. The number of benzene rings is 3. The number of alkyl halides is 3. The molecule has 5 rings (SSSR count). The molecule has 0 unspecified atom stereocenters. The summed E-state index contributed by atoms with van der Waals surface area (Å²) in [4.78, 5) is 14.9. The van der Waals surface area contributed by atoms with Gasteiger partial charge in [-0.05, 0) is 97.0 Å². The molecule has 0 saturated carbocycles. The lowest BCUT2D eigenvalue weighted by atomic mass is 9.93. The van der Waals surface area contributed by atoms with Crippen LogP contribution in [0.2, 0.25) is 0 Å². The molecule has 0 N–H and O–H groups in total. The van der Waals surface area contributed by atoms with E-state index in [0.717, 1.165) is 41.0 Å². The van der Waals surface area contributed by atoms with Crippen molar-refractivity contribution in [1.82, 2.24) is 0 Å². The Balaban J connectivity index is 1.59. The summed E-state index contributed by atoms with van der Waals surface area (Å²) in [6.45, 7) is 4.48. The van der Waals surface area contributed by atoms with E-state index in [1.54, 1.807) is 31.2 Å². The molecule has 0 spiro atoms. The zero-order chi connectivity index (χ0) is 29.0. The van der Waals surface area contributed by atoms with Gasteiger partial charge in [0.25, 0.3) is 0 Å². The molecule has 2 aliphatic rings. The maximum Gasteiger partial charge on any atom is 0.416 e. The number of nitrogens with zero attached hydrogens (tertiary/aromatic N) is 1. The van der Waals surface area contributed by atoms with Gasteiger partial charge in [0.2, 0.25) is 0 Å². The topological polar surface area (TPSA) is 48.0 Å². The first-order chi connectivity index (χ1) is 19.7. The quantitative estimate of drug-likeness (QED) is 0.207. The van der Waals surface area contributed by atoms with Gasteiger partial charge in [-0.1, -0.05) is 12.1 Å². The molecule has 0 amide bonds. The number of rotatable bonds is 8. The maximum absolute atomic E-state index is 13.8. The van der Waals surface area contributed by atoms with Crippen molar-refractivity contribution in [2.24, 2.45) is 0 Å². The third-order valence-electron chi connectivity index (χ3n) is 7.31. The summed E-state index contributed by atoms with van der Waals surface area (Å²) in [5.74, 6) is -0.524. The van der Waals surface area contributed by atoms with Crippen molar-refractivity contribution in [1.29, 1.82) is 0 Å². The Morgan fingerprint density at radius 3 is 2.39 bits per heavy atom. The lowest BCUT2D eigenvalue weighted by molar-refractivity contribution is -0.137. The number of carbonyl (C=O) groups is 1. The third kappa shape index (κ3) is 6.73. The van der Waals surface area contributed by atoms with E-state index >= 15 is 0 Å². The van der Waals surface area contributed by atoms with Crippen molar-refractivity contribution >= 4 is 22.8 Å². The first-order valence-electron chi connectivity index (χ1n) is 13.7. The van der Waals surface area contributed by atoms with Gasteiger partial charge >= 0.3 is 12.1 Å². The molecule has 1 fully saturated rings. The van der Waals surface area contributed by atoms with Gasteiger partial charge in [0.1, 0.15) is 18.2 Å². The second-order valence-corrected chi connectivity index (χ2v) is 10.0. The standard InChI is InChI=1S/C32H31F4NO4/c1-2-40-31(38)23-16-22(17-26(18-23)37-12-14-39-15-13-37)27-4-3-5-28(27)29-19-24(32(34,35)36)8-11-30(29)41-20-21-6-9-25(33)10-7-21/h6-11,16-19H,2-5,12-15,20H2,1H3. The number of carbonyl (C=O) groups excluding carboxylic acids is 1. The van der Waals surface area contributed by atoms with Crippen molar-refractivity contribution in [2.75, 3.05) is 37.8 Å². The number of hydrogen-bond acceptors (Lipinski definition) is 5. The molecule has 0 atom stereocenters. The Hall–Kier alpha value is -3.85. The van der Waals surface area contributed by atoms with Crippen LogP contribution in [0.1, 0.15) is 58.8 Å². The Morgan fingerprint density at radius 2 is 1.68 bits per heavy atom. The summed E-state index contributed by atoms with van der Waals surface area (Å²) in [6.07, 6.45) is -2.59. The Kier molecular flexibility index (Phi) is 8.63. The molecule has 0 aromatic heterocycles. The van der Waals surface area contributed by atoms with E-state index in [0.29, 0.717) is 61.6 Å². The molecule has 3 aromatic carbocycles. The molecule has 1 aliphatic carbocycles. The molecule has 3 aromatic rings. The smallest absolute Gasteiger partial charge is 0.416 e. The SMILES string of the molecule is CCOC(=O)c1cc(C2=C(c3cc(C(F)(F)F)ccc3OCc3ccc(F)cc3)CCC2)cc(N2CCOCC2)c1. The predicted molar refractivity (Wildman–Crippen MR) is 148 cm³/mol. The van der Waals surface area contributed by atoms with Crippen LogP contribution in [0, 0.1) is 5.82 Å². The molecule has 1 heterocycles. The van der Waals surface area contributed by atoms with E-state index in [1.165, 1.54) is 18.2 Å². The molecular weight excluding hydrogens is 538 g/mol. The molecule has 0 bridgehead atoms. The highest BCUT2D eigenvalue weighted by molar-refractivity contribution is 5.98. The van der Waals surface area contributed by atoms with Crippen molar-refractivity contribution in [3.8, 4) is 5.75 Å². The highest BCUT2D eigenvalue weighted by atomic mass is 19.4. The first kappa shape index (κ1) is 28.7. The summed E-state index contributed by atoms with van der Waals surface area (Å²) in [5, 5.41) is 0. The van der Waals surface area contributed by atoms with Gasteiger partial charge in [-0.15, -0.1) is 0 Å². The van der Waals surface area contributed by atoms with E-state index in [9.17, 15) is 22.4 Å². The highest BCUT2D eigenvalue weighted by Crippen LogP contribution is 2.45. The number of allylic oxidation sites excluding steroid dienone is 2. The fourth-order valence-corrected chi connectivity index (χ4v) is 5.29. The highest BCUT2D eigenvalue weighted by Gasteiger charge is 2.32. The van der Waals surface area contributed by atoms with Gasteiger partial charge in [-0.25, -0.2) is 9.18 Å². The third-order valence-corrected chi connectivity index (χ3v) is 7.31. The Morgan fingerprint density at radius 1 is 0.951 bits per heavy atom. The van der Waals surface area contributed by atoms with Crippen LogP contribution in [-0.2, 0) is 22.3 Å². The maximum atomic E-state index is 13.8. The summed E-state index contributed by atoms with van der Waals surface area (Å²) in [6, 6.07) is 14.8. The molecule has 216 valence electrons. The van der Waals surface area contributed by atoms with Crippen LogP contribution >= 0.6 is 0 Å². The average molecular weight is 570 g/mol. The van der Waals surface area contributed by atoms with E-state index < -0.39 is 17.7 Å². The van der Waals surface area contributed by atoms with Crippen LogP contribution in [0.5, 0.6) is 5.75 Å². The van der Waals surface area contributed by atoms with Gasteiger partial charge < -0.3 is 19.1 Å². The number of ether oxygens (including phenoxy) is 3. The fraction of sp³-hybridized carbons (Fsp3) is 0.344. The van der Waals surface area contributed by atoms with E-state index in [2.05, 4.69) is 4.90 Å². The molecule has 1 saturated heterocycles. The summed E-state index contributed by atoms with van der Waals surface area (Å²) in [7, 11) is 0. The minimum Gasteiger partial charge on any atom is -0.488 e. The normalized spacial score (nSPS) is 15.8. The minimum atomic E-state index is -4.53. The van der Waals surface area contributed by atoms with E-state index in [1.807, 2.05) is 6.07 Å². The second kappa shape index (κ2) is 12.3. The van der Waals surface area contributed by atoms with Crippen molar-refractivity contribution in [3.05, 3.63) is 94.3 Å². The lowest BCUT2D eigenvalue weighted by Crippen LogP contribution is -2.36. The van der Waals surface area contributed by atoms with Crippen LogP contribution in [0.3, 0.4) is 0 Å². The molecule has 41 heavy (non-hydrogen) atoms. The Labute approximate surface area is 236 Å². The van der Waals surface area contributed by atoms with Crippen molar-refractivity contribution < 1.29 is 36.6 Å². The number of hydrogen-bond donors (Lipinski definition) is 0. The largest absolute Gasteiger partial charge is 0.488 e. The van der Waals surface area contributed by atoms with Crippen molar-refractivity contribution in [3.63, 3.8) is 0 Å². The summed E-state index contributed by atoms with van der Waals surface area (Å²) >= 11 is 0. The van der Waals surface area contributed by atoms with Gasteiger partial charge in [0, 0.05) is 24.3 Å². The van der Waals surface area contributed by atoms with Gasteiger partial charge in [0.05, 0.1) is 30.9 Å². The number of halogens is 4. The first-order valence-corrected chi connectivity index (χ1v) is 13.7. The predicted octanol–water partition coefficient (Wildman–Crippen LogP) is 7.53. The number of esters is 1. The molecule has 1 aliphatic heterocycles. The summed E-state index contributed by atoms with van der Waals surface area (Å²) < 4.78 is 71.6. The molecule has 5 nitrogen and oxygen atoms in total. The van der Waals surface area contributed by atoms with Crippen LogP contribution in [0.25, 0.3) is 11.1 Å². The van der Waals surface area contributed by atoms with Crippen LogP contribution in [0.15, 0.2) is 60.7 Å². The van der Waals surface area contributed by atoms with Gasteiger partial charge in [-0.3, -0.25) is 0 Å². The minimum absolute atomic E-state index is 0.0702. The van der Waals surface area contributed by atoms with Crippen LogP contribution in [-0.4, -0.2) is 38.9 Å². The number of morpholine rings is 1. The summed E-state index contributed by atoms with van der Waals surface area (Å²) in [5.41, 5.74) is 3.90. The fourth-order valence-electron chi connectivity index (χ4n) is 5.29. The van der Waals surface area contributed by atoms with Crippen LogP contribution in [0.4, 0.5) is 23.2 Å². The van der Waals surface area contributed by atoms with Gasteiger partial charge in [-0.2, -0.15) is 13.2 Å². The number of anilines is 1. The van der Waals surface area contributed by atoms with E-state index in [4.69, 9.17) is 14.2 Å². The zero-order valence-electron chi connectivity index (χ0n) is 22.7. The molecule has 0 radical (unpaired) electrons. The molecule has 9 heteroatoms. The van der Waals surface area contributed by atoms with E-state index in [-0.39, 0.29) is 19.0 Å². The second-order valence-electron chi connectivity index (χ2n) is 10.0. The average Bonchev–Trinajstić information content (AvgIpc) is 3.47.